The van der Waals surface area contributed by atoms with Gasteiger partial charge in [0.15, 0.2) is 11.6 Å². The van der Waals surface area contributed by atoms with Crippen molar-refractivity contribution in [1.82, 2.24) is 14.8 Å². The third-order valence-electron chi connectivity index (χ3n) is 3.67. The van der Waals surface area contributed by atoms with E-state index >= 15 is 0 Å². The predicted octanol–water partition coefficient (Wildman–Crippen LogP) is 3.55. The van der Waals surface area contributed by atoms with Crippen LogP contribution in [0.3, 0.4) is 0 Å². The fourth-order valence-electron chi connectivity index (χ4n) is 2.45. The summed E-state index contributed by atoms with van der Waals surface area (Å²) in [7, 11) is 3.47. The molecule has 0 unspecified atom stereocenters. The van der Waals surface area contributed by atoms with Crippen LogP contribution in [-0.2, 0) is 7.05 Å². The molecule has 0 aliphatic heterocycles. The van der Waals surface area contributed by atoms with Crippen LogP contribution >= 0.6 is 0 Å². The maximum Gasteiger partial charge on any atom is 0.174 e. The highest BCUT2D eigenvalue weighted by atomic mass is 16.5. The van der Waals surface area contributed by atoms with Gasteiger partial charge in [-0.25, -0.2) is 0 Å². The zero-order valence-electron chi connectivity index (χ0n) is 13.5. The molecule has 0 spiro atoms. The Morgan fingerprint density at radius 3 is 2.62 bits per heavy atom. The quantitative estimate of drug-likeness (QED) is 0.690. The van der Waals surface area contributed by atoms with Crippen molar-refractivity contribution >= 4 is 11.6 Å². The summed E-state index contributed by atoms with van der Waals surface area (Å²) in [5.41, 5.74) is 2.27. The van der Waals surface area contributed by atoms with E-state index in [1.165, 1.54) is 0 Å². The number of benzene rings is 2. The van der Waals surface area contributed by atoms with Crippen molar-refractivity contribution in [3.8, 4) is 23.2 Å². The second-order valence-electron chi connectivity index (χ2n) is 5.22. The molecular formula is C19H16N4O. The first-order chi connectivity index (χ1) is 11.7. The third-order valence-corrected chi connectivity index (χ3v) is 3.67. The first-order valence-electron chi connectivity index (χ1n) is 7.44. The number of aromatic nitrogens is 3. The second kappa shape index (κ2) is 6.80. The molecule has 2 aromatic carbocycles. The van der Waals surface area contributed by atoms with Gasteiger partial charge in [-0.1, -0.05) is 42.5 Å². The van der Waals surface area contributed by atoms with E-state index in [2.05, 4.69) is 16.3 Å². The molecule has 0 saturated heterocycles. The third kappa shape index (κ3) is 3.03. The molecule has 1 heterocycles. The molecule has 24 heavy (non-hydrogen) atoms. The average Bonchev–Trinajstić information content (AvgIpc) is 3.02. The Kier molecular flexibility index (Phi) is 4.39. The maximum atomic E-state index is 9.54. The van der Waals surface area contributed by atoms with Gasteiger partial charge in [-0.15, -0.1) is 10.2 Å². The minimum Gasteiger partial charge on any atom is -0.497 e. The lowest BCUT2D eigenvalue weighted by molar-refractivity contribution is 0.414. The molecule has 0 aliphatic rings. The van der Waals surface area contributed by atoms with Gasteiger partial charge in [-0.05, 0) is 23.8 Å². The molecular weight excluding hydrogens is 300 g/mol. The van der Waals surface area contributed by atoms with Crippen LogP contribution in [0, 0.1) is 11.3 Å². The molecule has 0 aliphatic carbocycles. The first-order valence-corrected chi connectivity index (χ1v) is 7.44. The van der Waals surface area contributed by atoms with Crippen LogP contribution in [0.2, 0.25) is 0 Å². The van der Waals surface area contributed by atoms with Gasteiger partial charge < -0.3 is 9.30 Å². The Labute approximate surface area is 140 Å². The molecule has 3 rings (SSSR count). The number of allylic oxidation sites excluding steroid dienone is 1. The number of hydrogen-bond acceptors (Lipinski definition) is 4. The molecule has 118 valence electrons. The number of nitrogens with zero attached hydrogens (tertiary/aromatic N) is 4. The number of hydrogen-bond donors (Lipinski definition) is 0. The first kappa shape index (κ1) is 15.5. The zero-order valence-corrected chi connectivity index (χ0v) is 13.5. The van der Waals surface area contributed by atoms with Crippen LogP contribution < -0.4 is 4.74 Å². The van der Waals surface area contributed by atoms with E-state index in [9.17, 15) is 5.26 Å². The molecule has 0 saturated carbocycles. The van der Waals surface area contributed by atoms with Crippen LogP contribution in [-0.4, -0.2) is 21.9 Å². The van der Waals surface area contributed by atoms with Crippen LogP contribution in [0.25, 0.3) is 23.0 Å². The largest absolute Gasteiger partial charge is 0.497 e. The van der Waals surface area contributed by atoms with E-state index in [1.807, 2.05) is 66.2 Å². The fraction of sp³-hybridized carbons (Fsp3) is 0.105. The highest BCUT2D eigenvalue weighted by Gasteiger charge is 2.14. The fourth-order valence-corrected chi connectivity index (χ4v) is 2.45. The van der Waals surface area contributed by atoms with Gasteiger partial charge in [-0.3, -0.25) is 0 Å². The summed E-state index contributed by atoms with van der Waals surface area (Å²) >= 11 is 0. The van der Waals surface area contributed by atoms with E-state index in [0.29, 0.717) is 11.4 Å². The predicted molar refractivity (Wildman–Crippen MR) is 92.9 cm³/mol. The Bertz CT molecular complexity index is 920. The normalized spacial score (nSPS) is 11.1. The van der Waals surface area contributed by atoms with Gasteiger partial charge >= 0.3 is 0 Å². The molecule has 0 amide bonds. The number of ether oxygens (including phenoxy) is 1. The zero-order chi connectivity index (χ0) is 16.9. The van der Waals surface area contributed by atoms with Gasteiger partial charge in [0.25, 0.3) is 0 Å². The standard InChI is InChI=1S/C19H16N4O/c1-23-18(15-8-4-3-5-9-15)21-22-19(23)16(13-20)11-14-7-6-10-17(12-14)24-2/h3-12H,1-2H3/b16-11+. The summed E-state index contributed by atoms with van der Waals surface area (Å²) < 4.78 is 7.04. The van der Waals surface area contributed by atoms with Crippen molar-refractivity contribution in [3.63, 3.8) is 0 Å². The van der Waals surface area contributed by atoms with E-state index in [1.54, 1.807) is 13.2 Å². The number of nitriles is 1. The van der Waals surface area contributed by atoms with Crippen LogP contribution in [0.15, 0.2) is 54.6 Å². The molecule has 5 nitrogen and oxygen atoms in total. The van der Waals surface area contributed by atoms with Gasteiger partial charge in [0.1, 0.15) is 11.8 Å². The van der Waals surface area contributed by atoms with Crippen molar-refractivity contribution in [2.24, 2.45) is 7.05 Å². The van der Waals surface area contributed by atoms with Gasteiger partial charge in [0.2, 0.25) is 0 Å². The Hall–Kier alpha value is -3.39. The van der Waals surface area contributed by atoms with Crippen molar-refractivity contribution in [3.05, 3.63) is 66.0 Å². The topological polar surface area (TPSA) is 63.7 Å². The van der Waals surface area contributed by atoms with Gasteiger partial charge in [-0.2, -0.15) is 5.26 Å². The van der Waals surface area contributed by atoms with Crippen LogP contribution in [0.4, 0.5) is 0 Å². The molecule has 0 radical (unpaired) electrons. The minimum absolute atomic E-state index is 0.445. The van der Waals surface area contributed by atoms with Crippen molar-refractivity contribution in [2.75, 3.05) is 7.11 Å². The van der Waals surface area contributed by atoms with Gasteiger partial charge in [0.05, 0.1) is 12.7 Å². The van der Waals surface area contributed by atoms with E-state index in [4.69, 9.17) is 4.74 Å². The maximum absolute atomic E-state index is 9.54. The van der Waals surface area contributed by atoms with Crippen LogP contribution in [0.5, 0.6) is 5.75 Å². The molecule has 0 bridgehead atoms. The Balaban J connectivity index is 2.02. The summed E-state index contributed by atoms with van der Waals surface area (Å²) in [6, 6.07) is 19.5. The average molecular weight is 316 g/mol. The molecule has 5 heteroatoms. The summed E-state index contributed by atoms with van der Waals surface area (Å²) in [5, 5.41) is 18.0. The Morgan fingerprint density at radius 2 is 1.92 bits per heavy atom. The summed E-state index contributed by atoms with van der Waals surface area (Å²) in [4.78, 5) is 0. The summed E-state index contributed by atoms with van der Waals surface area (Å²) in [6.45, 7) is 0. The SMILES string of the molecule is COc1cccc(/C=C(\C#N)c2nnc(-c3ccccc3)n2C)c1. The molecule has 0 atom stereocenters. The van der Waals surface area contributed by atoms with Crippen molar-refractivity contribution in [2.45, 2.75) is 0 Å². The van der Waals surface area contributed by atoms with Crippen LogP contribution in [0.1, 0.15) is 11.4 Å². The molecule has 3 aromatic rings. The van der Waals surface area contributed by atoms with E-state index in [-0.39, 0.29) is 0 Å². The lowest BCUT2D eigenvalue weighted by Gasteiger charge is -2.04. The molecule has 0 N–H and O–H groups in total. The second-order valence-corrected chi connectivity index (χ2v) is 5.22. The van der Waals surface area contributed by atoms with E-state index < -0.39 is 0 Å². The minimum atomic E-state index is 0.445. The molecule has 1 aromatic heterocycles. The van der Waals surface area contributed by atoms with Crippen molar-refractivity contribution in [1.29, 1.82) is 5.26 Å². The number of rotatable bonds is 4. The van der Waals surface area contributed by atoms with Crippen molar-refractivity contribution < 1.29 is 4.74 Å². The molecule has 0 fully saturated rings. The van der Waals surface area contributed by atoms with Gasteiger partial charge in [0, 0.05) is 12.6 Å². The highest BCUT2D eigenvalue weighted by Crippen LogP contribution is 2.23. The monoisotopic (exact) mass is 316 g/mol. The highest BCUT2D eigenvalue weighted by molar-refractivity contribution is 5.87. The Morgan fingerprint density at radius 1 is 1.12 bits per heavy atom. The lowest BCUT2D eigenvalue weighted by Crippen LogP contribution is -1.98. The lowest BCUT2D eigenvalue weighted by atomic mass is 10.1. The smallest absolute Gasteiger partial charge is 0.174 e. The van der Waals surface area contributed by atoms with E-state index in [0.717, 1.165) is 22.7 Å². The summed E-state index contributed by atoms with van der Waals surface area (Å²) in [5.74, 6) is 1.99. The summed E-state index contributed by atoms with van der Waals surface area (Å²) in [6.07, 6.45) is 1.78. The number of methoxy groups -OCH3 is 1.